The van der Waals surface area contributed by atoms with Crippen LogP contribution in [0.3, 0.4) is 0 Å². The molecule has 0 bridgehead atoms. The Balaban J connectivity index is 2.24. The first-order valence-electron chi connectivity index (χ1n) is 5.89. The van der Waals surface area contributed by atoms with Gasteiger partial charge in [-0.15, -0.1) is 0 Å². The van der Waals surface area contributed by atoms with Crippen LogP contribution in [0.15, 0.2) is 54.6 Å². The van der Waals surface area contributed by atoms with E-state index in [9.17, 15) is 13.2 Å². The van der Waals surface area contributed by atoms with Gasteiger partial charge in [0.2, 0.25) is 10.0 Å². The molecule has 0 spiro atoms. The highest BCUT2D eigenvalue weighted by molar-refractivity contribution is 7.92. The van der Waals surface area contributed by atoms with Gasteiger partial charge in [-0.25, -0.2) is 8.42 Å². The van der Waals surface area contributed by atoms with Crippen LogP contribution in [0.2, 0.25) is 0 Å². The zero-order valence-electron chi connectivity index (χ0n) is 10.8. The number of amides is 1. The van der Waals surface area contributed by atoms with Crippen molar-refractivity contribution >= 4 is 27.3 Å². The SMILES string of the molecule is CS(=O)(=O)Nc1ccccc1NC(=O)c1ccccc1. The van der Waals surface area contributed by atoms with Crippen LogP contribution in [0, 0.1) is 0 Å². The predicted octanol–water partition coefficient (Wildman–Crippen LogP) is 2.31. The van der Waals surface area contributed by atoms with E-state index in [4.69, 9.17) is 0 Å². The predicted molar refractivity (Wildman–Crippen MR) is 79.3 cm³/mol. The van der Waals surface area contributed by atoms with E-state index >= 15 is 0 Å². The summed E-state index contributed by atoms with van der Waals surface area (Å²) in [5, 5.41) is 2.68. The molecule has 2 aromatic rings. The number of carbonyl (C=O) groups excluding carboxylic acids is 1. The maximum Gasteiger partial charge on any atom is 0.255 e. The summed E-state index contributed by atoms with van der Waals surface area (Å²) < 4.78 is 24.9. The van der Waals surface area contributed by atoms with Gasteiger partial charge in [0, 0.05) is 5.56 Å². The minimum absolute atomic E-state index is 0.298. The standard InChI is InChI=1S/C14H14N2O3S/c1-20(18,19)16-13-10-6-5-9-12(13)15-14(17)11-7-3-2-4-8-11/h2-10,16H,1H3,(H,15,17). The second-order valence-corrected chi connectivity index (χ2v) is 5.99. The molecule has 2 aromatic carbocycles. The largest absolute Gasteiger partial charge is 0.320 e. The molecule has 0 unspecified atom stereocenters. The molecular weight excluding hydrogens is 276 g/mol. The van der Waals surface area contributed by atoms with Crippen molar-refractivity contribution in [3.8, 4) is 0 Å². The number of carbonyl (C=O) groups is 1. The number of hydrogen-bond acceptors (Lipinski definition) is 3. The number of sulfonamides is 1. The first kappa shape index (κ1) is 14.1. The van der Waals surface area contributed by atoms with E-state index in [1.807, 2.05) is 6.07 Å². The normalized spacial score (nSPS) is 10.8. The van der Waals surface area contributed by atoms with E-state index in [0.29, 0.717) is 16.9 Å². The third-order valence-corrected chi connectivity index (χ3v) is 3.10. The Labute approximate surface area is 117 Å². The first-order valence-corrected chi connectivity index (χ1v) is 7.78. The lowest BCUT2D eigenvalue weighted by atomic mass is 10.2. The minimum atomic E-state index is -3.40. The Hall–Kier alpha value is -2.34. The average molecular weight is 290 g/mol. The van der Waals surface area contributed by atoms with Gasteiger partial charge in [0.05, 0.1) is 17.6 Å². The van der Waals surface area contributed by atoms with Crippen molar-refractivity contribution in [1.29, 1.82) is 0 Å². The highest BCUT2D eigenvalue weighted by atomic mass is 32.2. The number of rotatable bonds is 4. The van der Waals surface area contributed by atoms with Gasteiger partial charge in [-0.1, -0.05) is 30.3 Å². The molecule has 0 fully saturated rings. The fraction of sp³-hybridized carbons (Fsp3) is 0.0714. The summed E-state index contributed by atoms with van der Waals surface area (Å²) in [5.74, 6) is -0.298. The molecule has 2 N–H and O–H groups in total. The van der Waals surface area contributed by atoms with Crippen molar-refractivity contribution in [2.24, 2.45) is 0 Å². The van der Waals surface area contributed by atoms with Crippen LogP contribution in [0.4, 0.5) is 11.4 Å². The van der Waals surface area contributed by atoms with Crippen LogP contribution in [-0.2, 0) is 10.0 Å². The van der Waals surface area contributed by atoms with Gasteiger partial charge in [0.15, 0.2) is 0 Å². The van der Waals surface area contributed by atoms with Crippen LogP contribution < -0.4 is 10.0 Å². The molecule has 0 aromatic heterocycles. The van der Waals surface area contributed by atoms with E-state index < -0.39 is 10.0 Å². The monoisotopic (exact) mass is 290 g/mol. The van der Waals surface area contributed by atoms with E-state index in [0.717, 1.165) is 6.26 Å². The number of para-hydroxylation sites is 2. The summed E-state index contributed by atoms with van der Waals surface area (Å²) in [6, 6.07) is 15.3. The Kier molecular flexibility index (Phi) is 4.05. The molecule has 0 saturated carbocycles. The van der Waals surface area contributed by atoms with Crippen molar-refractivity contribution in [3.63, 3.8) is 0 Å². The highest BCUT2D eigenvalue weighted by Gasteiger charge is 2.10. The van der Waals surface area contributed by atoms with E-state index in [-0.39, 0.29) is 5.91 Å². The number of anilines is 2. The summed E-state index contributed by atoms with van der Waals surface area (Å²) in [6.45, 7) is 0. The van der Waals surface area contributed by atoms with Crippen molar-refractivity contribution in [3.05, 3.63) is 60.2 Å². The molecule has 20 heavy (non-hydrogen) atoms. The van der Waals surface area contributed by atoms with Crippen LogP contribution in [0.25, 0.3) is 0 Å². The zero-order valence-corrected chi connectivity index (χ0v) is 11.6. The Morgan fingerprint density at radius 1 is 0.900 bits per heavy atom. The molecule has 0 heterocycles. The second kappa shape index (κ2) is 5.75. The molecule has 0 aliphatic carbocycles. The average Bonchev–Trinajstić information content (AvgIpc) is 2.40. The minimum Gasteiger partial charge on any atom is -0.320 e. The molecule has 0 atom stereocenters. The quantitative estimate of drug-likeness (QED) is 0.907. The highest BCUT2D eigenvalue weighted by Crippen LogP contribution is 2.22. The molecule has 104 valence electrons. The zero-order chi connectivity index (χ0) is 14.6. The summed E-state index contributed by atoms with van der Waals surface area (Å²) in [4.78, 5) is 12.0. The third kappa shape index (κ3) is 3.83. The van der Waals surface area contributed by atoms with Crippen molar-refractivity contribution in [2.75, 3.05) is 16.3 Å². The smallest absolute Gasteiger partial charge is 0.255 e. The van der Waals surface area contributed by atoms with Gasteiger partial charge >= 0.3 is 0 Å². The van der Waals surface area contributed by atoms with Gasteiger partial charge in [0.1, 0.15) is 0 Å². The number of hydrogen-bond donors (Lipinski definition) is 2. The van der Waals surface area contributed by atoms with E-state index in [2.05, 4.69) is 10.0 Å². The van der Waals surface area contributed by atoms with Crippen LogP contribution >= 0.6 is 0 Å². The van der Waals surface area contributed by atoms with Crippen LogP contribution in [0.1, 0.15) is 10.4 Å². The molecule has 0 saturated heterocycles. The molecule has 0 radical (unpaired) electrons. The topological polar surface area (TPSA) is 75.3 Å². The fourth-order valence-electron chi connectivity index (χ4n) is 1.66. The lowest BCUT2D eigenvalue weighted by molar-refractivity contribution is 0.102. The van der Waals surface area contributed by atoms with Crippen molar-refractivity contribution in [2.45, 2.75) is 0 Å². The fourth-order valence-corrected chi connectivity index (χ4v) is 2.24. The Morgan fingerprint density at radius 3 is 2.05 bits per heavy atom. The third-order valence-electron chi connectivity index (χ3n) is 2.51. The van der Waals surface area contributed by atoms with Gasteiger partial charge in [-0.05, 0) is 24.3 Å². The second-order valence-electron chi connectivity index (χ2n) is 4.24. The number of nitrogens with one attached hydrogen (secondary N) is 2. The Bertz CT molecular complexity index is 712. The van der Waals surface area contributed by atoms with Gasteiger partial charge in [-0.2, -0.15) is 0 Å². The van der Waals surface area contributed by atoms with E-state index in [1.54, 1.807) is 48.5 Å². The molecule has 0 aliphatic heterocycles. The lowest BCUT2D eigenvalue weighted by Crippen LogP contribution is -2.15. The summed E-state index contributed by atoms with van der Waals surface area (Å²) in [7, 11) is -3.40. The van der Waals surface area contributed by atoms with Crippen molar-refractivity contribution in [1.82, 2.24) is 0 Å². The van der Waals surface area contributed by atoms with Gasteiger partial charge < -0.3 is 5.32 Å². The lowest BCUT2D eigenvalue weighted by Gasteiger charge is -2.11. The Morgan fingerprint density at radius 2 is 1.45 bits per heavy atom. The molecule has 0 aliphatic rings. The summed E-state index contributed by atoms with van der Waals surface area (Å²) >= 11 is 0. The molecule has 5 nitrogen and oxygen atoms in total. The van der Waals surface area contributed by atoms with Gasteiger partial charge in [-0.3, -0.25) is 9.52 Å². The first-order chi connectivity index (χ1) is 9.46. The maximum absolute atomic E-state index is 12.0. The number of benzene rings is 2. The van der Waals surface area contributed by atoms with Crippen LogP contribution in [0.5, 0.6) is 0 Å². The molecule has 2 rings (SSSR count). The van der Waals surface area contributed by atoms with Crippen molar-refractivity contribution < 1.29 is 13.2 Å². The van der Waals surface area contributed by atoms with E-state index in [1.165, 1.54) is 0 Å². The summed E-state index contributed by atoms with van der Waals surface area (Å²) in [6.07, 6.45) is 1.06. The molecule has 6 heteroatoms. The van der Waals surface area contributed by atoms with Crippen LogP contribution in [-0.4, -0.2) is 20.6 Å². The summed E-state index contributed by atoms with van der Waals surface area (Å²) in [5.41, 5.74) is 1.24. The van der Waals surface area contributed by atoms with Gasteiger partial charge in [0.25, 0.3) is 5.91 Å². The molecular formula is C14H14N2O3S. The molecule has 1 amide bonds. The maximum atomic E-state index is 12.0.